The summed E-state index contributed by atoms with van der Waals surface area (Å²) in [6.45, 7) is 7.49. The standard InChI is InChI=1S/C31H33FN2O3/c1-3-16-34(18-6-19-36-29-8-4-7-28(21-29)35-2)17-5-15-31(26-10-12-27(32)13-11-26)30-14-9-24(22-33)20-25(30)23-37-31/h3-4,7-14,20-21H,1,5-6,15-19,23H2,2H3. The van der Waals surface area contributed by atoms with Gasteiger partial charge in [-0.15, -0.1) is 6.58 Å². The van der Waals surface area contributed by atoms with Gasteiger partial charge in [-0.05, 0) is 78.9 Å². The molecule has 37 heavy (non-hydrogen) atoms. The Morgan fingerprint density at radius 2 is 1.86 bits per heavy atom. The third-order valence-electron chi connectivity index (χ3n) is 6.77. The van der Waals surface area contributed by atoms with E-state index in [0.29, 0.717) is 18.8 Å². The Hall–Kier alpha value is -3.66. The fourth-order valence-electron chi connectivity index (χ4n) is 4.96. The van der Waals surface area contributed by atoms with Crippen molar-refractivity contribution in [1.29, 1.82) is 5.26 Å². The first-order valence-electron chi connectivity index (χ1n) is 12.6. The normalized spacial score (nSPS) is 16.3. The molecular formula is C31H33FN2O3. The van der Waals surface area contributed by atoms with Crippen LogP contribution in [0.2, 0.25) is 0 Å². The highest BCUT2D eigenvalue weighted by atomic mass is 19.1. The van der Waals surface area contributed by atoms with Crippen LogP contribution >= 0.6 is 0 Å². The van der Waals surface area contributed by atoms with E-state index in [2.05, 4.69) is 17.5 Å². The molecule has 0 radical (unpaired) electrons. The second-order valence-corrected chi connectivity index (χ2v) is 9.18. The number of methoxy groups -OCH3 is 1. The van der Waals surface area contributed by atoms with Gasteiger partial charge >= 0.3 is 0 Å². The van der Waals surface area contributed by atoms with E-state index in [9.17, 15) is 9.65 Å². The van der Waals surface area contributed by atoms with E-state index in [4.69, 9.17) is 14.2 Å². The molecule has 3 aromatic rings. The number of fused-ring (bicyclic) bond motifs is 1. The van der Waals surface area contributed by atoms with Gasteiger partial charge in [0.25, 0.3) is 0 Å². The van der Waals surface area contributed by atoms with Crippen molar-refractivity contribution >= 4 is 0 Å². The predicted molar refractivity (Wildman–Crippen MR) is 142 cm³/mol. The predicted octanol–water partition coefficient (Wildman–Crippen LogP) is 6.22. The molecule has 0 spiro atoms. The lowest BCUT2D eigenvalue weighted by Crippen LogP contribution is -2.31. The SMILES string of the molecule is C=CCN(CCCOc1cccc(OC)c1)CCCC1(c2ccc(F)cc2)OCc2cc(C#N)ccc21. The molecule has 0 fully saturated rings. The summed E-state index contributed by atoms with van der Waals surface area (Å²) in [7, 11) is 1.64. The van der Waals surface area contributed by atoms with Gasteiger partial charge in [0.2, 0.25) is 0 Å². The molecule has 3 aromatic carbocycles. The maximum atomic E-state index is 13.7. The zero-order chi connectivity index (χ0) is 26.1. The van der Waals surface area contributed by atoms with Crippen molar-refractivity contribution in [2.24, 2.45) is 0 Å². The highest BCUT2D eigenvalue weighted by Crippen LogP contribution is 2.45. The molecule has 4 rings (SSSR count). The van der Waals surface area contributed by atoms with Crippen LogP contribution in [0.3, 0.4) is 0 Å². The first kappa shape index (κ1) is 26.4. The Morgan fingerprint density at radius 3 is 2.62 bits per heavy atom. The summed E-state index contributed by atoms with van der Waals surface area (Å²) in [5.41, 5.74) is 2.96. The van der Waals surface area contributed by atoms with Gasteiger partial charge in [0.15, 0.2) is 0 Å². The maximum Gasteiger partial charge on any atom is 0.123 e. The molecular weight excluding hydrogens is 467 g/mol. The van der Waals surface area contributed by atoms with Crippen LogP contribution in [0, 0.1) is 17.1 Å². The van der Waals surface area contributed by atoms with Gasteiger partial charge in [-0.1, -0.05) is 30.3 Å². The second-order valence-electron chi connectivity index (χ2n) is 9.18. The van der Waals surface area contributed by atoms with Crippen molar-refractivity contribution in [3.05, 3.63) is 107 Å². The van der Waals surface area contributed by atoms with E-state index in [1.54, 1.807) is 19.2 Å². The number of rotatable bonds is 13. The monoisotopic (exact) mass is 500 g/mol. The number of ether oxygens (including phenoxy) is 3. The average Bonchev–Trinajstić information content (AvgIpc) is 3.30. The lowest BCUT2D eigenvalue weighted by Gasteiger charge is -2.32. The summed E-state index contributed by atoms with van der Waals surface area (Å²) in [6.07, 6.45) is 4.42. The van der Waals surface area contributed by atoms with Crippen LogP contribution in [-0.4, -0.2) is 38.3 Å². The number of nitriles is 1. The third-order valence-corrected chi connectivity index (χ3v) is 6.77. The largest absolute Gasteiger partial charge is 0.497 e. The average molecular weight is 501 g/mol. The van der Waals surface area contributed by atoms with E-state index < -0.39 is 5.60 Å². The van der Waals surface area contributed by atoms with Gasteiger partial charge in [0.05, 0.1) is 32.0 Å². The van der Waals surface area contributed by atoms with Crippen molar-refractivity contribution in [3.63, 3.8) is 0 Å². The topological polar surface area (TPSA) is 54.7 Å². The summed E-state index contributed by atoms with van der Waals surface area (Å²) >= 11 is 0. The number of nitrogens with zero attached hydrogens (tertiary/aromatic N) is 2. The molecule has 1 atom stereocenters. The molecule has 0 bridgehead atoms. The molecule has 0 aromatic heterocycles. The molecule has 0 amide bonds. The first-order chi connectivity index (χ1) is 18.1. The Morgan fingerprint density at radius 1 is 1.08 bits per heavy atom. The lowest BCUT2D eigenvalue weighted by atomic mass is 9.81. The third kappa shape index (κ3) is 6.37. The second kappa shape index (κ2) is 12.5. The van der Waals surface area contributed by atoms with Gasteiger partial charge in [-0.25, -0.2) is 4.39 Å². The molecule has 6 heteroatoms. The summed E-state index contributed by atoms with van der Waals surface area (Å²) in [4.78, 5) is 2.36. The minimum atomic E-state index is -0.660. The molecule has 0 N–H and O–H groups in total. The fraction of sp³-hybridized carbons (Fsp3) is 0.323. The number of halogens is 1. The molecule has 192 valence electrons. The maximum absolute atomic E-state index is 13.7. The van der Waals surface area contributed by atoms with Crippen molar-refractivity contribution in [2.75, 3.05) is 33.4 Å². The van der Waals surface area contributed by atoms with E-state index in [1.165, 1.54) is 12.1 Å². The van der Waals surface area contributed by atoms with Gasteiger partial charge < -0.3 is 14.2 Å². The Balaban J connectivity index is 1.39. The minimum Gasteiger partial charge on any atom is -0.497 e. The van der Waals surface area contributed by atoms with Crippen molar-refractivity contribution in [1.82, 2.24) is 4.90 Å². The van der Waals surface area contributed by atoms with Crippen molar-refractivity contribution in [2.45, 2.75) is 31.5 Å². The first-order valence-corrected chi connectivity index (χ1v) is 12.6. The van der Waals surface area contributed by atoms with Gasteiger partial charge in [0, 0.05) is 19.2 Å². The highest BCUT2D eigenvalue weighted by molar-refractivity contribution is 5.48. The van der Waals surface area contributed by atoms with E-state index in [0.717, 1.165) is 67.1 Å². The van der Waals surface area contributed by atoms with Crippen LogP contribution in [0.25, 0.3) is 0 Å². The number of hydrogen-bond donors (Lipinski definition) is 0. The molecule has 0 saturated heterocycles. The number of hydrogen-bond acceptors (Lipinski definition) is 5. The molecule has 5 nitrogen and oxygen atoms in total. The van der Waals surface area contributed by atoms with E-state index in [-0.39, 0.29) is 5.82 Å². The summed E-state index contributed by atoms with van der Waals surface area (Å²) < 4.78 is 31.3. The fourth-order valence-corrected chi connectivity index (χ4v) is 4.96. The van der Waals surface area contributed by atoms with Crippen LogP contribution in [0.15, 0.2) is 79.4 Å². The van der Waals surface area contributed by atoms with E-state index >= 15 is 0 Å². The van der Waals surface area contributed by atoms with Crippen LogP contribution in [0.5, 0.6) is 11.5 Å². The van der Waals surface area contributed by atoms with Crippen molar-refractivity contribution < 1.29 is 18.6 Å². The summed E-state index contributed by atoms with van der Waals surface area (Å²) in [6, 6.07) is 22.1. The van der Waals surface area contributed by atoms with Crippen LogP contribution in [0.4, 0.5) is 4.39 Å². The molecule has 1 unspecified atom stereocenters. The molecule has 1 heterocycles. The lowest BCUT2D eigenvalue weighted by molar-refractivity contribution is -0.0145. The Bertz CT molecular complexity index is 1240. The van der Waals surface area contributed by atoms with Gasteiger partial charge in [0.1, 0.15) is 22.9 Å². The van der Waals surface area contributed by atoms with Crippen LogP contribution in [-0.2, 0) is 16.9 Å². The highest BCUT2D eigenvalue weighted by Gasteiger charge is 2.41. The molecule has 0 aliphatic carbocycles. The van der Waals surface area contributed by atoms with Crippen LogP contribution in [0.1, 0.15) is 41.5 Å². The van der Waals surface area contributed by atoms with E-state index in [1.807, 2.05) is 48.5 Å². The van der Waals surface area contributed by atoms with Crippen molar-refractivity contribution in [3.8, 4) is 17.6 Å². The van der Waals surface area contributed by atoms with Gasteiger partial charge in [-0.3, -0.25) is 4.90 Å². The Kier molecular flexibility index (Phi) is 8.95. The van der Waals surface area contributed by atoms with Crippen LogP contribution < -0.4 is 9.47 Å². The quantitative estimate of drug-likeness (QED) is 0.206. The number of benzene rings is 3. The zero-order valence-electron chi connectivity index (χ0n) is 21.3. The van der Waals surface area contributed by atoms with Gasteiger partial charge in [-0.2, -0.15) is 5.26 Å². The Labute approximate surface area is 218 Å². The smallest absolute Gasteiger partial charge is 0.123 e. The molecule has 1 aliphatic heterocycles. The minimum absolute atomic E-state index is 0.273. The summed E-state index contributed by atoms with van der Waals surface area (Å²) in [5.74, 6) is 1.30. The molecule has 0 saturated carbocycles. The summed E-state index contributed by atoms with van der Waals surface area (Å²) in [5, 5.41) is 9.32. The zero-order valence-corrected chi connectivity index (χ0v) is 21.3. The molecule has 1 aliphatic rings.